The molecule has 0 unspecified atom stereocenters. The molecule has 0 bridgehead atoms. The SMILES string of the molecule is Nc1ccc(-c2cc3cnn(-c4ccc(F)cc4)c3c3ccncc23)cc1. The van der Waals surface area contributed by atoms with Gasteiger partial charge >= 0.3 is 0 Å². The number of halogens is 1. The quantitative estimate of drug-likeness (QED) is 0.456. The highest BCUT2D eigenvalue weighted by Gasteiger charge is 2.14. The Kier molecular flexibility index (Phi) is 3.40. The van der Waals surface area contributed by atoms with Gasteiger partial charge in [0.25, 0.3) is 0 Å². The molecular formula is C22H15FN4. The van der Waals surface area contributed by atoms with E-state index in [9.17, 15) is 4.39 Å². The highest BCUT2D eigenvalue weighted by Crippen LogP contribution is 2.35. The average molecular weight is 354 g/mol. The molecule has 130 valence electrons. The molecule has 5 rings (SSSR count). The van der Waals surface area contributed by atoms with Crippen molar-refractivity contribution in [3.8, 4) is 16.8 Å². The van der Waals surface area contributed by atoms with Crippen LogP contribution in [0.4, 0.5) is 10.1 Å². The molecule has 0 aliphatic carbocycles. The van der Waals surface area contributed by atoms with Crippen LogP contribution in [0.5, 0.6) is 0 Å². The maximum Gasteiger partial charge on any atom is 0.123 e. The van der Waals surface area contributed by atoms with Crippen molar-refractivity contribution in [3.05, 3.63) is 85.1 Å². The predicted molar refractivity (Wildman–Crippen MR) is 106 cm³/mol. The zero-order valence-corrected chi connectivity index (χ0v) is 14.3. The molecule has 5 heteroatoms. The van der Waals surface area contributed by atoms with Gasteiger partial charge in [-0.3, -0.25) is 4.98 Å². The third kappa shape index (κ3) is 2.52. The number of nitrogens with zero attached hydrogens (tertiary/aromatic N) is 3. The van der Waals surface area contributed by atoms with Gasteiger partial charge in [-0.1, -0.05) is 12.1 Å². The predicted octanol–water partition coefficient (Wildman–Crippen LogP) is 4.96. The van der Waals surface area contributed by atoms with Crippen molar-refractivity contribution in [1.82, 2.24) is 14.8 Å². The van der Waals surface area contributed by atoms with Crippen LogP contribution in [0.2, 0.25) is 0 Å². The maximum absolute atomic E-state index is 13.3. The highest BCUT2D eigenvalue weighted by atomic mass is 19.1. The lowest BCUT2D eigenvalue weighted by atomic mass is 9.97. The summed E-state index contributed by atoms with van der Waals surface area (Å²) in [7, 11) is 0. The van der Waals surface area contributed by atoms with E-state index in [2.05, 4.69) is 16.1 Å². The van der Waals surface area contributed by atoms with Crippen LogP contribution >= 0.6 is 0 Å². The van der Waals surface area contributed by atoms with Crippen LogP contribution in [0.1, 0.15) is 0 Å². The molecule has 2 aromatic heterocycles. The summed E-state index contributed by atoms with van der Waals surface area (Å²) in [5.41, 5.74) is 10.5. The summed E-state index contributed by atoms with van der Waals surface area (Å²) in [6, 6.07) is 18.2. The van der Waals surface area contributed by atoms with E-state index in [1.165, 1.54) is 12.1 Å². The van der Waals surface area contributed by atoms with Crippen molar-refractivity contribution < 1.29 is 4.39 Å². The molecule has 0 spiro atoms. The van der Waals surface area contributed by atoms with Crippen LogP contribution in [0.15, 0.2) is 79.3 Å². The van der Waals surface area contributed by atoms with Crippen LogP contribution < -0.4 is 5.73 Å². The summed E-state index contributed by atoms with van der Waals surface area (Å²) in [5.74, 6) is -0.269. The van der Waals surface area contributed by atoms with Crippen molar-refractivity contribution in [3.63, 3.8) is 0 Å². The second kappa shape index (κ2) is 5.92. The van der Waals surface area contributed by atoms with E-state index in [0.29, 0.717) is 0 Å². The summed E-state index contributed by atoms with van der Waals surface area (Å²) in [4.78, 5) is 4.32. The third-order valence-corrected chi connectivity index (χ3v) is 4.76. The molecule has 0 saturated heterocycles. The number of hydrogen-bond acceptors (Lipinski definition) is 3. The molecule has 0 atom stereocenters. The number of aromatic nitrogens is 3. The fraction of sp³-hybridized carbons (Fsp3) is 0. The molecule has 27 heavy (non-hydrogen) atoms. The Morgan fingerprint density at radius 2 is 1.63 bits per heavy atom. The molecule has 0 radical (unpaired) electrons. The Labute approximate surface area is 154 Å². The summed E-state index contributed by atoms with van der Waals surface area (Å²) < 4.78 is 15.2. The first-order valence-corrected chi connectivity index (χ1v) is 8.57. The number of pyridine rings is 1. The van der Waals surface area contributed by atoms with Crippen LogP contribution in [0, 0.1) is 5.82 Å². The Bertz CT molecular complexity index is 1270. The first kappa shape index (κ1) is 15.5. The highest BCUT2D eigenvalue weighted by molar-refractivity contribution is 6.12. The van der Waals surface area contributed by atoms with Gasteiger partial charge < -0.3 is 5.73 Å². The molecule has 4 nitrogen and oxygen atoms in total. The van der Waals surface area contributed by atoms with Gasteiger partial charge in [-0.05, 0) is 59.7 Å². The first-order valence-electron chi connectivity index (χ1n) is 8.57. The van der Waals surface area contributed by atoms with Gasteiger partial charge in [-0.25, -0.2) is 9.07 Å². The minimum absolute atomic E-state index is 0.269. The van der Waals surface area contributed by atoms with Gasteiger partial charge in [0.15, 0.2) is 0 Å². The molecule has 0 aliphatic rings. The summed E-state index contributed by atoms with van der Waals surface area (Å²) in [6.07, 6.45) is 5.47. The number of anilines is 1. The van der Waals surface area contributed by atoms with Gasteiger partial charge in [0.05, 0.1) is 17.4 Å². The number of nitrogen functional groups attached to an aromatic ring is 1. The van der Waals surface area contributed by atoms with Crippen LogP contribution in [-0.4, -0.2) is 14.8 Å². The molecular weight excluding hydrogens is 339 g/mol. The topological polar surface area (TPSA) is 56.7 Å². The van der Waals surface area contributed by atoms with Gasteiger partial charge in [0.2, 0.25) is 0 Å². The molecule has 0 fully saturated rings. The Balaban J connectivity index is 1.83. The average Bonchev–Trinajstić information content (AvgIpc) is 3.13. The smallest absolute Gasteiger partial charge is 0.123 e. The third-order valence-electron chi connectivity index (χ3n) is 4.76. The normalized spacial score (nSPS) is 11.3. The van der Waals surface area contributed by atoms with E-state index in [1.54, 1.807) is 18.3 Å². The van der Waals surface area contributed by atoms with Crippen molar-refractivity contribution >= 4 is 27.4 Å². The van der Waals surface area contributed by atoms with E-state index in [1.807, 2.05) is 47.4 Å². The lowest BCUT2D eigenvalue weighted by molar-refractivity contribution is 0.627. The van der Waals surface area contributed by atoms with E-state index < -0.39 is 0 Å². The second-order valence-electron chi connectivity index (χ2n) is 6.44. The number of rotatable bonds is 2. The first-order chi connectivity index (χ1) is 13.2. The fourth-order valence-corrected chi connectivity index (χ4v) is 3.46. The zero-order valence-electron chi connectivity index (χ0n) is 14.3. The lowest BCUT2D eigenvalue weighted by Crippen LogP contribution is -1.97. The molecule has 0 aliphatic heterocycles. The van der Waals surface area contributed by atoms with Gasteiger partial charge in [0, 0.05) is 34.2 Å². The summed E-state index contributed by atoms with van der Waals surface area (Å²) in [6.45, 7) is 0. The van der Waals surface area contributed by atoms with Crippen molar-refractivity contribution in [2.75, 3.05) is 5.73 Å². The standard InChI is InChI=1S/C22H15FN4/c23-16-3-7-18(8-4-16)27-22-15(12-26-27)11-20(14-1-5-17(24)6-2-14)21-13-25-10-9-19(21)22/h1-13H,24H2. The van der Waals surface area contributed by atoms with Crippen LogP contribution in [-0.2, 0) is 0 Å². The molecule has 3 aromatic carbocycles. The van der Waals surface area contributed by atoms with Crippen molar-refractivity contribution in [1.29, 1.82) is 0 Å². The minimum atomic E-state index is -0.269. The molecule has 0 saturated carbocycles. The largest absolute Gasteiger partial charge is 0.399 e. The van der Waals surface area contributed by atoms with E-state index in [-0.39, 0.29) is 5.82 Å². The summed E-state index contributed by atoms with van der Waals surface area (Å²) >= 11 is 0. The van der Waals surface area contributed by atoms with E-state index >= 15 is 0 Å². The lowest BCUT2D eigenvalue weighted by Gasteiger charge is -2.11. The number of benzene rings is 3. The van der Waals surface area contributed by atoms with Crippen molar-refractivity contribution in [2.24, 2.45) is 0 Å². The Morgan fingerprint density at radius 3 is 2.41 bits per heavy atom. The Morgan fingerprint density at radius 1 is 0.852 bits per heavy atom. The van der Waals surface area contributed by atoms with Crippen LogP contribution in [0.25, 0.3) is 38.5 Å². The molecule has 2 N–H and O–H groups in total. The monoisotopic (exact) mass is 354 g/mol. The number of fused-ring (bicyclic) bond motifs is 3. The minimum Gasteiger partial charge on any atom is -0.399 e. The Hall–Kier alpha value is -3.73. The van der Waals surface area contributed by atoms with Crippen molar-refractivity contribution in [2.45, 2.75) is 0 Å². The second-order valence-corrected chi connectivity index (χ2v) is 6.44. The van der Waals surface area contributed by atoms with E-state index in [0.717, 1.165) is 44.2 Å². The number of nitrogens with two attached hydrogens (primary N) is 1. The zero-order chi connectivity index (χ0) is 18.4. The summed E-state index contributed by atoms with van der Waals surface area (Å²) in [5, 5.41) is 7.62. The fourth-order valence-electron chi connectivity index (χ4n) is 3.46. The maximum atomic E-state index is 13.3. The molecule has 2 heterocycles. The van der Waals surface area contributed by atoms with Crippen LogP contribution in [0.3, 0.4) is 0 Å². The molecule has 5 aromatic rings. The van der Waals surface area contributed by atoms with Gasteiger partial charge in [-0.15, -0.1) is 0 Å². The molecule has 0 amide bonds. The van der Waals surface area contributed by atoms with Gasteiger partial charge in [0.1, 0.15) is 5.82 Å². The number of hydrogen-bond donors (Lipinski definition) is 1. The van der Waals surface area contributed by atoms with Gasteiger partial charge in [-0.2, -0.15) is 5.10 Å². The van der Waals surface area contributed by atoms with E-state index in [4.69, 9.17) is 5.73 Å².